The molecule has 4 rings (SSSR count). The molecule has 1 amide bonds. The Morgan fingerprint density at radius 3 is 2.89 bits per heavy atom. The van der Waals surface area contributed by atoms with Gasteiger partial charge in [-0.3, -0.25) is 4.79 Å². The summed E-state index contributed by atoms with van der Waals surface area (Å²) in [4.78, 5) is 24.2. The summed E-state index contributed by atoms with van der Waals surface area (Å²) in [5.74, 6) is 0.559. The van der Waals surface area contributed by atoms with Crippen molar-refractivity contribution in [1.82, 2.24) is 25.4 Å². The van der Waals surface area contributed by atoms with Crippen molar-refractivity contribution in [3.8, 4) is 11.6 Å². The fourth-order valence-electron chi connectivity index (χ4n) is 3.08. The van der Waals surface area contributed by atoms with Crippen molar-refractivity contribution < 1.29 is 18.4 Å². The minimum Gasteiger partial charge on any atom is -0.384 e. The Labute approximate surface area is 154 Å². The number of carbonyl (C=O) groups is 1. The van der Waals surface area contributed by atoms with Crippen molar-refractivity contribution >= 4 is 5.91 Å². The topological polar surface area (TPSA) is 106 Å². The highest BCUT2D eigenvalue weighted by Gasteiger charge is 2.27. The van der Waals surface area contributed by atoms with Crippen LogP contribution in [-0.4, -0.2) is 46.3 Å². The number of hydrogen-bond acceptors (Lipinski definition) is 6. The summed E-state index contributed by atoms with van der Waals surface area (Å²) in [5.41, 5.74) is 1.96. The first-order valence-electron chi connectivity index (χ1n) is 8.58. The van der Waals surface area contributed by atoms with Gasteiger partial charge in [-0.25, -0.2) is 9.37 Å². The number of H-pyrrole nitrogens is 1. The highest BCUT2D eigenvalue weighted by Crippen LogP contribution is 2.26. The molecule has 3 heterocycles. The van der Waals surface area contributed by atoms with Crippen LogP contribution in [0.4, 0.5) is 4.39 Å². The van der Waals surface area contributed by atoms with Gasteiger partial charge in [-0.15, -0.1) is 0 Å². The average Bonchev–Trinajstić information content (AvgIpc) is 3.28. The Morgan fingerprint density at radius 2 is 2.11 bits per heavy atom. The van der Waals surface area contributed by atoms with E-state index in [4.69, 9.17) is 9.26 Å². The number of halogens is 1. The van der Waals surface area contributed by atoms with Gasteiger partial charge in [0.05, 0.1) is 13.0 Å². The second-order valence-electron chi connectivity index (χ2n) is 6.33. The first kappa shape index (κ1) is 17.3. The van der Waals surface area contributed by atoms with Crippen LogP contribution in [0.1, 0.15) is 33.6 Å². The summed E-state index contributed by atoms with van der Waals surface area (Å²) >= 11 is 0. The molecule has 0 fully saturated rings. The van der Waals surface area contributed by atoms with Crippen molar-refractivity contribution in [3.63, 3.8) is 0 Å². The highest BCUT2D eigenvalue weighted by atomic mass is 19.1. The smallest absolute Gasteiger partial charge is 0.271 e. The number of aromatic nitrogens is 4. The second-order valence-corrected chi connectivity index (χ2v) is 6.33. The molecular formula is C18H18FN5O3. The van der Waals surface area contributed by atoms with Gasteiger partial charge in [0.15, 0.2) is 5.82 Å². The number of fused-ring (bicyclic) bond motifs is 1. The van der Waals surface area contributed by atoms with Crippen LogP contribution in [0.25, 0.3) is 11.6 Å². The van der Waals surface area contributed by atoms with E-state index in [9.17, 15) is 9.18 Å². The maximum absolute atomic E-state index is 13.2. The zero-order valence-electron chi connectivity index (χ0n) is 14.7. The molecule has 0 saturated heterocycles. The first-order valence-corrected chi connectivity index (χ1v) is 8.58. The third-order valence-electron chi connectivity index (χ3n) is 4.49. The van der Waals surface area contributed by atoms with E-state index in [0.29, 0.717) is 54.9 Å². The normalized spacial score (nSPS) is 16.7. The minimum absolute atomic E-state index is 0.00614. The van der Waals surface area contributed by atoms with Gasteiger partial charge >= 0.3 is 0 Å². The maximum Gasteiger partial charge on any atom is 0.271 e. The van der Waals surface area contributed by atoms with Gasteiger partial charge in [0.2, 0.25) is 11.7 Å². The van der Waals surface area contributed by atoms with Crippen LogP contribution in [0.3, 0.4) is 0 Å². The number of methoxy groups -OCH3 is 1. The Morgan fingerprint density at radius 1 is 1.30 bits per heavy atom. The number of amides is 1. The molecule has 2 aromatic heterocycles. The van der Waals surface area contributed by atoms with Crippen molar-refractivity contribution in [3.05, 3.63) is 52.9 Å². The predicted octanol–water partition coefficient (Wildman–Crippen LogP) is 1.86. The van der Waals surface area contributed by atoms with Crippen LogP contribution >= 0.6 is 0 Å². The molecule has 0 unspecified atom stereocenters. The molecule has 140 valence electrons. The molecule has 2 N–H and O–H groups in total. The lowest BCUT2D eigenvalue weighted by molar-refractivity contribution is 0.0950. The number of carbonyl (C=O) groups excluding carboxylic acids is 1. The van der Waals surface area contributed by atoms with Crippen LogP contribution < -0.4 is 5.32 Å². The van der Waals surface area contributed by atoms with Gasteiger partial charge in [0, 0.05) is 25.3 Å². The molecule has 27 heavy (non-hydrogen) atoms. The number of nitrogens with zero attached hydrogens (tertiary/aromatic N) is 3. The molecule has 9 heteroatoms. The van der Waals surface area contributed by atoms with Crippen molar-refractivity contribution in [2.45, 2.75) is 18.8 Å². The Balaban J connectivity index is 1.60. The van der Waals surface area contributed by atoms with E-state index in [0.717, 1.165) is 5.56 Å². The molecule has 3 aromatic rings. The fourth-order valence-corrected chi connectivity index (χ4v) is 3.08. The summed E-state index contributed by atoms with van der Waals surface area (Å²) in [7, 11) is 1.59. The number of aromatic amines is 1. The SMILES string of the molecule is COCCc1nc(-c2nc3c([nH]2)C[C@H](c2ccc(F)cc2)CNC3=O)no1. The Bertz CT molecular complexity index is 950. The maximum atomic E-state index is 13.2. The van der Waals surface area contributed by atoms with Gasteiger partial charge in [0.1, 0.15) is 11.5 Å². The molecule has 8 nitrogen and oxygen atoms in total. The van der Waals surface area contributed by atoms with Crippen LogP contribution in [0, 0.1) is 5.82 Å². The number of imidazole rings is 1. The lowest BCUT2D eigenvalue weighted by atomic mass is 9.94. The zero-order chi connectivity index (χ0) is 18.8. The van der Waals surface area contributed by atoms with E-state index in [1.165, 1.54) is 12.1 Å². The van der Waals surface area contributed by atoms with Gasteiger partial charge in [-0.1, -0.05) is 17.3 Å². The number of nitrogens with one attached hydrogen (secondary N) is 2. The van der Waals surface area contributed by atoms with E-state index >= 15 is 0 Å². The highest BCUT2D eigenvalue weighted by molar-refractivity contribution is 5.94. The second kappa shape index (κ2) is 7.28. The van der Waals surface area contributed by atoms with Crippen LogP contribution in [-0.2, 0) is 17.6 Å². The summed E-state index contributed by atoms with van der Waals surface area (Å²) in [5, 5.41) is 6.78. The molecule has 0 bridgehead atoms. The van der Waals surface area contributed by atoms with Crippen molar-refractivity contribution in [2.24, 2.45) is 0 Å². The third kappa shape index (κ3) is 3.59. The van der Waals surface area contributed by atoms with Crippen molar-refractivity contribution in [2.75, 3.05) is 20.3 Å². The minimum atomic E-state index is -0.290. The van der Waals surface area contributed by atoms with Gasteiger partial charge in [-0.05, 0) is 24.1 Å². The lowest BCUT2D eigenvalue weighted by Gasteiger charge is -2.14. The molecular weight excluding hydrogens is 353 g/mol. The molecule has 0 radical (unpaired) electrons. The first-order chi connectivity index (χ1) is 13.1. The number of benzene rings is 1. The predicted molar refractivity (Wildman–Crippen MR) is 92.6 cm³/mol. The van der Waals surface area contributed by atoms with Crippen LogP contribution in [0.15, 0.2) is 28.8 Å². The zero-order valence-corrected chi connectivity index (χ0v) is 14.7. The molecule has 1 aromatic carbocycles. The number of hydrogen-bond donors (Lipinski definition) is 2. The summed E-state index contributed by atoms with van der Waals surface area (Å²) in [6, 6.07) is 6.30. The summed E-state index contributed by atoms with van der Waals surface area (Å²) in [6.45, 7) is 0.922. The quantitative estimate of drug-likeness (QED) is 0.709. The molecule has 1 aliphatic heterocycles. The van der Waals surface area contributed by atoms with Gasteiger partial charge in [-0.2, -0.15) is 4.98 Å². The third-order valence-corrected chi connectivity index (χ3v) is 4.49. The van der Waals surface area contributed by atoms with Gasteiger partial charge in [0.25, 0.3) is 5.91 Å². The van der Waals surface area contributed by atoms with E-state index in [-0.39, 0.29) is 17.6 Å². The van der Waals surface area contributed by atoms with Crippen LogP contribution in [0.5, 0.6) is 0 Å². The van der Waals surface area contributed by atoms with Crippen molar-refractivity contribution in [1.29, 1.82) is 0 Å². The molecule has 1 atom stereocenters. The Kier molecular flexibility index (Phi) is 4.68. The molecule has 0 spiro atoms. The average molecular weight is 371 g/mol. The molecule has 1 aliphatic rings. The van der Waals surface area contributed by atoms with E-state index < -0.39 is 0 Å². The van der Waals surface area contributed by atoms with Crippen LogP contribution in [0.2, 0.25) is 0 Å². The fraction of sp³-hybridized carbons (Fsp3) is 0.333. The monoisotopic (exact) mass is 371 g/mol. The van der Waals surface area contributed by atoms with E-state index in [1.54, 1.807) is 19.2 Å². The molecule has 0 saturated carbocycles. The Hall–Kier alpha value is -3.07. The standard InChI is InChI=1S/C18H18FN5O3/c1-26-7-6-14-22-17(24-27-14)16-21-13-8-11(9-20-18(25)15(13)23-16)10-2-4-12(19)5-3-10/h2-5,11H,6-9H2,1H3,(H,20,25)(H,21,23)/t11-/m0/s1. The molecule has 0 aliphatic carbocycles. The lowest BCUT2D eigenvalue weighted by Crippen LogP contribution is -2.26. The van der Waals surface area contributed by atoms with E-state index in [2.05, 4.69) is 25.4 Å². The number of ether oxygens (including phenoxy) is 1. The van der Waals surface area contributed by atoms with E-state index in [1.807, 2.05) is 0 Å². The number of rotatable bonds is 5. The largest absolute Gasteiger partial charge is 0.384 e. The summed E-state index contributed by atoms with van der Waals surface area (Å²) in [6.07, 6.45) is 1.05. The summed E-state index contributed by atoms with van der Waals surface area (Å²) < 4.78 is 23.3. The van der Waals surface area contributed by atoms with Gasteiger partial charge < -0.3 is 19.6 Å².